The number of benzene rings is 1. The summed E-state index contributed by atoms with van der Waals surface area (Å²) in [6.07, 6.45) is 2.22. The fourth-order valence-electron chi connectivity index (χ4n) is 2.67. The highest BCUT2D eigenvalue weighted by atomic mass is 16.6. The minimum Gasteiger partial charge on any atom is -0.464 e. The predicted molar refractivity (Wildman–Crippen MR) is 110 cm³/mol. The highest BCUT2D eigenvalue weighted by molar-refractivity contribution is 5.72. The van der Waals surface area contributed by atoms with Crippen LogP contribution in [0, 0.1) is 6.92 Å². The molecule has 0 heterocycles. The van der Waals surface area contributed by atoms with E-state index >= 15 is 0 Å². The molecule has 1 unspecified atom stereocenters. The molecule has 0 aliphatic rings. The quantitative estimate of drug-likeness (QED) is 0.173. The highest BCUT2D eigenvalue weighted by Crippen LogP contribution is 2.06. The lowest BCUT2D eigenvalue weighted by Crippen LogP contribution is -2.30. The number of aldehydes is 1. The van der Waals surface area contributed by atoms with E-state index in [1.54, 1.807) is 0 Å². The van der Waals surface area contributed by atoms with E-state index in [-0.39, 0.29) is 32.5 Å². The number of hydrogen-bond acceptors (Lipinski definition) is 8. The molecule has 0 fully saturated rings. The third-order valence-corrected chi connectivity index (χ3v) is 4.33. The molecular weight excluding hydrogens is 390 g/mol. The van der Waals surface area contributed by atoms with Gasteiger partial charge in [-0.05, 0) is 45.5 Å². The normalized spacial score (nSPS) is 11.6. The summed E-state index contributed by atoms with van der Waals surface area (Å²) in [4.78, 5) is 46.9. The Labute approximate surface area is 177 Å². The summed E-state index contributed by atoms with van der Waals surface area (Å²) in [5.74, 6) is -0.909. The van der Waals surface area contributed by atoms with Gasteiger partial charge in [-0.25, -0.2) is 0 Å². The van der Waals surface area contributed by atoms with Gasteiger partial charge in [-0.15, -0.1) is 0 Å². The molecule has 0 radical (unpaired) electrons. The molecule has 1 rings (SSSR count). The van der Waals surface area contributed by atoms with Crippen LogP contribution >= 0.6 is 0 Å². The van der Waals surface area contributed by atoms with E-state index < -0.39 is 18.0 Å². The summed E-state index contributed by atoms with van der Waals surface area (Å²) in [7, 11) is 1.92. The number of unbranched alkanes of at least 4 members (excludes halogenated alkanes) is 1. The van der Waals surface area contributed by atoms with Crippen LogP contribution in [0.2, 0.25) is 0 Å². The van der Waals surface area contributed by atoms with Crippen molar-refractivity contribution in [3.63, 3.8) is 0 Å². The van der Waals surface area contributed by atoms with Gasteiger partial charge >= 0.3 is 11.9 Å². The van der Waals surface area contributed by atoms with E-state index in [9.17, 15) is 19.2 Å². The van der Waals surface area contributed by atoms with Gasteiger partial charge in [0.2, 0.25) is 0 Å². The molecule has 0 bridgehead atoms. The first-order chi connectivity index (χ1) is 14.4. The Morgan fingerprint density at radius 2 is 1.73 bits per heavy atom. The topological polar surface area (TPSA) is 99.2 Å². The number of ether oxygens (including phenoxy) is 3. The second-order valence-electron chi connectivity index (χ2n) is 7.10. The number of nitrogens with zero attached hydrogens (tertiary/aromatic N) is 1. The zero-order valence-electron chi connectivity index (χ0n) is 17.7. The van der Waals surface area contributed by atoms with Crippen LogP contribution < -0.4 is 0 Å². The summed E-state index contributed by atoms with van der Waals surface area (Å²) in [5.41, 5.74) is 1.91. The molecule has 8 nitrogen and oxygen atoms in total. The molecule has 1 aromatic rings. The smallest absolute Gasteiger partial charge is 0.310 e. The van der Waals surface area contributed by atoms with Crippen LogP contribution in [0.3, 0.4) is 0 Å². The summed E-state index contributed by atoms with van der Waals surface area (Å²) in [5, 5.41) is 0. The molecule has 166 valence electrons. The van der Waals surface area contributed by atoms with Crippen molar-refractivity contribution < 1.29 is 33.4 Å². The minimum absolute atomic E-state index is 0.103. The lowest BCUT2D eigenvalue weighted by Gasteiger charge is -2.18. The van der Waals surface area contributed by atoms with Crippen molar-refractivity contribution in [1.82, 2.24) is 4.90 Å². The molecule has 0 aliphatic heterocycles. The Bertz CT molecular complexity index is 660. The van der Waals surface area contributed by atoms with Crippen LogP contribution in [0.5, 0.6) is 0 Å². The summed E-state index contributed by atoms with van der Waals surface area (Å²) in [6, 6.07) is 7.51. The number of carbonyl (C=O) groups excluding carboxylic acids is 4. The lowest BCUT2D eigenvalue weighted by molar-refractivity contribution is -0.163. The fourth-order valence-corrected chi connectivity index (χ4v) is 2.67. The van der Waals surface area contributed by atoms with Crippen molar-refractivity contribution >= 4 is 24.7 Å². The SMILES string of the molecule is Cc1ccc(CC(=O)OCC(COC=O)OC(=O)CCCN(C)CCCC=O)cc1. The van der Waals surface area contributed by atoms with Gasteiger partial charge in [0.1, 0.15) is 19.5 Å². The molecule has 30 heavy (non-hydrogen) atoms. The second-order valence-corrected chi connectivity index (χ2v) is 7.10. The number of aryl methyl sites for hydroxylation is 1. The average molecular weight is 421 g/mol. The van der Waals surface area contributed by atoms with Crippen LogP contribution in [-0.2, 0) is 39.8 Å². The molecule has 1 aromatic carbocycles. The largest absolute Gasteiger partial charge is 0.464 e. The molecule has 0 aliphatic carbocycles. The Morgan fingerprint density at radius 1 is 1.03 bits per heavy atom. The summed E-state index contributed by atoms with van der Waals surface area (Å²) in [6.45, 7) is 3.31. The van der Waals surface area contributed by atoms with Crippen LogP contribution in [0.15, 0.2) is 24.3 Å². The molecule has 0 saturated heterocycles. The van der Waals surface area contributed by atoms with Gasteiger partial charge in [-0.2, -0.15) is 0 Å². The van der Waals surface area contributed by atoms with Crippen molar-refractivity contribution in [3.8, 4) is 0 Å². The zero-order valence-corrected chi connectivity index (χ0v) is 17.7. The average Bonchev–Trinajstić information content (AvgIpc) is 2.72. The van der Waals surface area contributed by atoms with Crippen LogP contribution in [0.25, 0.3) is 0 Å². The van der Waals surface area contributed by atoms with Crippen LogP contribution in [0.4, 0.5) is 0 Å². The summed E-state index contributed by atoms with van der Waals surface area (Å²) < 4.78 is 15.1. The Hall–Kier alpha value is -2.74. The first kappa shape index (κ1) is 25.3. The molecule has 0 N–H and O–H groups in total. The standard InChI is InChI=1S/C22H31NO7/c1-18-7-9-19(10-8-18)14-22(27)29-16-20(15-28-17-25)30-21(26)6-5-12-23(2)11-3-4-13-24/h7-10,13,17,20H,3-6,11-12,14-16H2,1-2H3. The number of carbonyl (C=O) groups is 4. The molecular formula is C22H31NO7. The third kappa shape index (κ3) is 12.0. The Balaban J connectivity index is 2.36. The first-order valence-electron chi connectivity index (χ1n) is 10.0. The minimum atomic E-state index is -0.852. The summed E-state index contributed by atoms with van der Waals surface area (Å²) >= 11 is 0. The zero-order chi connectivity index (χ0) is 22.2. The van der Waals surface area contributed by atoms with Gasteiger partial charge in [-0.1, -0.05) is 29.8 Å². The van der Waals surface area contributed by atoms with Crippen molar-refractivity contribution in [2.24, 2.45) is 0 Å². The maximum atomic E-state index is 12.1. The molecule has 1 atom stereocenters. The lowest BCUT2D eigenvalue weighted by atomic mass is 10.1. The molecule has 0 amide bonds. The van der Waals surface area contributed by atoms with Crippen LogP contribution in [-0.4, -0.2) is 69.1 Å². The van der Waals surface area contributed by atoms with Gasteiger partial charge in [0.15, 0.2) is 6.10 Å². The van der Waals surface area contributed by atoms with Gasteiger partial charge in [0.05, 0.1) is 6.42 Å². The van der Waals surface area contributed by atoms with Gasteiger partial charge < -0.3 is 23.9 Å². The number of esters is 2. The fraction of sp³-hybridized carbons (Fsp3) is 0.545. The molecule has 0 spiro atoms. The first-order valence-corrected chi connectivity index (χ1v) is 10.0. The molecule has 8 heteroatoms. The Morgan fingerprint density at radius 3 is 2.40 bits per heavy atom. The van der Waals surface area contributed by atoms with Gasteiger partial charge in [-0.3, -0.25) is 14.4 Å². The highest BCUT2D eigenvalue weighted by Gasteiger charge is 2.18. The number of hydrogen-bond donors (Lipinski definition) is 0. The predicted octanol–water partition coefficient (Wildman–Crippen LogP) is 1.86. The Kier molecular flexibility index (Phi) is 12.8. The van der Waals surface area contributed by atoms with Crippen molar-refractivity contribution in [2.75, 3.05) is 33.4 Å². The van der Waals surface area contributed by atoms with E-state index in [4.69, 9.17) is 9.47 Å². The maximum Gasteiger partial charge on any atom is 0.310 e. The van der Waals surface area contributed by atoms with Crippen LogP contribution in [0.1, 0.15) is 36.8 Å². The van der Waals surface area contributed by atoms with E-state index in [2.05, 4.69) is 4.74 Å². The van der Waals surface area contributed by atoms with E-state index in [1.165, 1.54) is 0 Å². The number of rotatable bonds is 16. The molecule has 0 saturated carbocycles. The molecule has 0 aromatic heterocycles. The van der Waals surface area contributed by atoms with E-state index in [0.29, 0.717) is 19.4 Å². The second kappa shape index (κ2) is 15.1. The van der Waals surface area contributed by atoms with Crippen molar-refractivity contribution in [3.05, 3.63) is 35.4 Å². The van der Waals surface area contributed by atoms with E-state index in [0.717, 1.165) is 30.4 Å². The maximum absolute atomic E-state index is 12.1. The van der Waals surface area contributed by atoms with Crippen molar-refractivity contribution in [2.45, 2.75) is 45.1 Å². The third-order valence-electron chi connectivity index (χ3n) is 4.33. The van der Waals surface area contributed by atoms with Gasteiger partial charge in [0, 0.05) is 12.8 Å². The van der Waals surface area contributed by atoms with Gasteiger partial charge in [0.25, 0.3) is 6.47 Å². The van der Waals surface area contributed by atoms with Crippen molar-refractivity contribution in [1.29, 1.82) is 0 Å². The van der Waals surface area contributed by atoms with E-state index in [1.807, 2.05) is 43.1 Å². The monoisotopic (exact) mass is 421 g/mol.